The van der Waals surface area contributed by atoms with E-state index < -0.39 is 30.5 Å². The van der Waals surface area contributed by atoms with E-state index in [1.165, 1.54) is 18.2 Å². The molecule has 1 aromatic carbocycles. The smallest absolute Gasteiger partial charge is 0.396 e. The predicted molar refractivity (Wildman–Crippen MR) is 95.9 cm³/mol. The van der Waals surface area contributed by atoms with Crippen LogP contribution in [0.25, 0.3) is 0 Å². The summed E-state index contributed by atoms with van der Waals surface area (Å²) in [6.07, 6.45) is -4.77. The molecule has 1 fully saturated rings. The molecule has 1 aliphatic heterocycles. The van der Waals surface area contributed by atoms with Gasteiger partial charge in [-0.15, -0.1) is 0 Å². The Bertz CT molecular complexity index is 699. The molecule has 6 nitrogen and oxygen atoms in total. The second-order valence-electron chi connectivity index (χ2n) is 7.31. The molecule has 2 rings (SSSR count). The number of piperidine rings is 1. The molecule has 0 saturated carbocycles. The highest BCUT2D eigenvalue weighted by Crippen LogP contribution is 2.41. The first-order valence-electron chi connectivity index (χ1n) is 8.71. The second kappa shape index (κ2) is 8.06. The molecule has 150 valence electrons. The van der Waals surface area contributed by atoms with Gasteiger partial charge in [-0.1, -0.05) is 19.9 Å². The molecule has 3 atom stereocenters. The van der Waals surface area contributed by atoms with Crippen LogP contribution in [0.3, 0.4) is 0 Å². The zero-order chi connectivity index (χ0) is 20.4. The van der Waals surface area contributed by atoms with Crippen LogP contribution in [-0.2, 0) is 4.79 Å². The van der Waals surface area contributed by atoms with Crippen LogP contribution in [-0.4, -0.2) is 36.4 Å². The van der Waals surface area contributed by atoms with Crippen molar-refractivity contribution in [3.63, 3.8) is 0 Å². The molecule has 0 radical (unpaired) electrons. The highest BCUT2D eigenvalue weighted by molar-refractivity contribution is 5.92. The number of nitrogens with zero attached hydrogens (tertiary/aromatic N) is 1. The zero-order valence-corrected chi connectivity index (χ0v) is 15.2. The number of nitrogens with one attached hydrogen (secondary N) is 1. The number of benzene rings is 1. The van der Waals surface area contributed by atoms with Crippen molar-refractivity contribution in [3.8, 4) is 0 Å². The fourth-order valence-corrected chi connectivity index (χ4v) is 3.74. The SMILES string of the molecule is CC1CC(C)CN(c2ccc(C(CC(=O)O)C(F)(F)F)cc2NC(N)=O)C1. The number of urea groups is 1. The third kappa shape index (κ3) is 5.51. The van der Waals surface area contributed by atoms with E-state index in [0.29, 0.717) is 30.6 Å². The number of anilines is 2. The third-order valence-corrected chi connectivity index (χ3v) is 4.66. The van der Waals surface area contributed by atoms with Crippen LogP contribution < -0.4 is 16.0 Å². The molecule has 1 aliphatic rings. The Morgan fingerprint density at radius 2 is 1.89 bits per heavy atom. The number of rotatable bonds is 5. The van der Waals surface area contributed by atoms with Crippen molar-refractivity contribution < 1.29 is 27.9 Å². The van der Waals surface area contributed by atoms with Crippen molar-refractivity contribution in [2.24, 2.45) is 17.6 Å². The number of carboxylic acid groups (broad SMARTS) is 1. The van der Waals surface area contributed by atoms with Gasteiger partial charge in [0.2, 0.25) is 0 Å². The first kappa shape index (κ1) is 20.9. The van der Waals surface area contributed by atoms with Crippen LogP contribution in [0, 0.1) is 11.8 Å². The van der Waals surface area contributed by atoms with Crippen LogP contribution in [0.1, 0.15) is 38.2 Å². The van der Waals surface area contributed by atoms with Gasteiger partial charge in [-0.3, -0.25) is 4.79 Å². The number of hydrogen-bond donors (Lipinski definition) is 3. The van der Waals surface area contributed by atoms with Crippen LogP contribution >= 0.6 is 0 Å². The molecular formula is C18H24F3N3O3. The summed E-state index contributed by atoms with van der Waals surface area (Å²) in [6.45, 7) is 5.58. The number of alkyl halides is 3. The molecule has 0 bridgehead atoms. The quantitative estimate of drug-likeness (QED) is 0.716. The van der Waals surface area contributed by atoms with Crippen molar-refractivity contribution in [1.29, 1.82) is 0 Å². The van der Waals surface area contributed by atoms with Crippen LogP contribution in [0.4, 0.5) is 29.3 Å². The average Bonchev–Trinajstić information content (AvgIpc) is 2.49. The Balaban J connectivity index is 2.45. The van der Waals surface area contributed by atoms with Gasteiger partial charge in [-0.2, -0.15) is 13.2 Å². The summed E-state index contributed by atoms with van der Waals surface area (Å²) in [7, 11) is 0. The van der Waals surface area contributed by atoms with E-state index in [1.807, 2.05) is 4.90 Å². The fraction of sp³-hybridized carbons (Fsp3) is 0.556. The second-order valence-corrected chi connectivity index (χ2v) is 7.31. The van der Waals surface area contributed by atoms with Crippen LogP contribution in [0.15, 0.2) is 18.2 Å². The lowest BCUT2D eigenvalue weighted by atomic mass is 9.90. The Labute approximate surface area is 155 Å². The van der Waals surface area contributed by atoms with E-state index in [-0.39, 0.29) is 11.3 Å². The number of aliphatic carboxylic acids is 1. The lowest BCUT2D eigenvalue weighted by Gasteiger charge is -2.37. The number of carbonyl (C=O) groups excluding carboxylic acids is 1. The highest BCUT2D eigenvalue weighted by atomic mass is 19.4. The molecular weight excluding hydrogens is 363 g/mol. The van der Waals surface area contributed by atoms with Crippen molar-refractivity contribution >= 4 is 23.4 Å². The Morgan fingerprint density at radius 3 is 2.37 bits per heavy atom. The van der Waals surface area contributed by atoms with E-state index in [2.05, 4.69) is 19.2 Å². The molecule has 0 spiro atoms. The summed E-state index contributed by atoms with van der Waals surface area (Å²) in [5.74, 6) is -2.93. The van der Waals surface area contributed by atoms with E-state index >= 15 is 0 Å². The van der Waals surface area contributed by atoms with Gasteiger partial charge in [0.25, 0.3) is 0 Å². The number of amides is 2. The average molecular weight is 387 g/mol. The van der Waals surface area contributed by atoms with Crippen molar-refractivity contribution in [2.75, 3.05) is 23.3 Å². The number of primary amides is 1. The monoisotopic (exact) mass is 387 g/mol. The summed E-state index contributed by atoms with van der Waals surface area (Å²) in [5, 5.41) is 11.2. The van der Waals surface area contributed by atoms with Gasteiger partial charge >= 0.3 is 18.2 Å². The van der Waals surface area contributed by atoms with E-state index in [4.69, 9.17) is 10.8 Å². The lowest BCUT2D eigenvalue weighted by molar-refractivity contribution is -0.163. The largest absolute Gasteiger partial charge is 0.481 e. The first-order valence-corrected chi connectivity index (χ1v) is 8.71. The van der Waals surface area contributed by atoms with Crippen molar-refractivity contribution in [1.82, 2.24) is 0 Å². The number of carboxylic acids is 1. The minimum atomic E-state index is -4.72. The number of halogens is 3. The molecule has 9 heteroatoms. The normalized spacial score (nSPS) is 21.6. The van der Waals surface area contributed by atoms with Crippen LogP contribution in [0.5, 0.6) is 0 Å². The van der Waals surface area contributed by atoms with Gasteiger partial charge in [0.1, 0.15) is 0 Å². The van der Waals surface area contributed by atoms with E-state index in [9.17, 15) is 22.8 Å². The fourth-order valence-electron chi connectivity index (χ4n) is 3.74. The number of carbonyl (C=O) groups is 2. The first-order chi connectivity index (χ1) is 12.5. The molecule has 3 unspecified atom stereocenters. The molecule has 0 aromatic heterocycles. The summed E-state index contributed by atoms with van der Waals surface area (Å²) in [6, 6.07) is 3.04. The predicted octanol–water partition coefficient (Wildman–Crippen LogP) is 3.78. The van der Waals surface area contributed by atoms with Gasteiger partial charge < -0.3 is 21.1 Å². The van der Waals surface area contributed by atoms with E-state index in [1.54, 1.807) is 0 Å². The number of hydrogen-bond acceptors (Lipinski definition) is 3. The van der Waals surface area contributed by atoms with Crippen molar-refractivity contribution in [2.45, 2.75) is 38.8 Å². The highest BCUT2D eigenvalue weighted by Gasteiger charge is 2.42. The molecule has 4 N–H and O–H groups in total. The van der Waals surface area contributed by atoms with Crippen LogP contribution in [0.2, 0.25) is 0 Å². The van der Waals surface area contributed by atoms with Gasteiger partial charge in [-0.05, 0) is 36.0 Å². The molecule has 0 aliphatic carbocycles. The zero-order valence-electron chi connectivity index (χ0n) is 15.2. The maximum Gasteiger partial charge on any atom is 0.396 e. The third-order valence-electron chi connectivity index (χ3n) is 4.66. The van der Waals surface area contributed by atoms with Gasteiger partial charge in [0.05, 0.1) is 23.7 Å². The Kier molecular flexibility index (Phi) is 6.22. The molecule has 1 aromatic rings. The molecule has 1 saturated heterocycles. The summed E-state index contributed by atoms with van der Waals surface area (Å²) in [4.78, 5) is 24.3. The molecule has 1 heterocycles. The molecule has 2 amide bonds. The topological polar surface area (TPSA) is 95.7 Å². The Morgan fingerprint density at radius 1 is 1.30 bits per heavy atom. The minimum absolute atomic E-state index is 0.154. The molecule has 27 heavy (non-hydrogen) atoms. The Hall–Kier alpha value is -2.45. The summed E-state index contributed by atoms with van der Waals surface area (Å²) < 4.78 is 40.0. The standard InChI is InChI=1S/C18H24F3N3O3/c1-10-5-11(2)9-24(8-10)15-4-3-12(6-14(15)23-17(22)27)13(7-16(25)26)18(19,20)21/h3-4,6,10-11,13H,5,7-9H2,1-2H3,(H,25,26)(H3,22,23,27). The van der Waals surface area contributed by atoms with Gasteiger partial charge in [-0.25, -0.2) is 4.79 Å². The maximum absolute atomic E-state index is 13.3. The minimum Gasteiger partial charge on any atom is -0.481 e. The summed E-state index contributed by atoms with van der Waals surface area (Å²) in [5.41, 5.74) is 5.69. The lowest BCUT2D eigenvalue weighted by Crippen LogP contribution is -2.39. The summed E-state index contributed by atoms with van der Waals surface area (Å²) >= 11 is 0. The maximum atomic E-state index is 13.3. The number of nitrogens with two attached hydrogens (primary N) is 1. The van der Waals surface area contributed by atoms with Gasteiger partial charge in [0.15, 0.2) is 0 Å². The van der Waals surface area contributed by atoms with E-state index in [0.717, 1.165) is 6.42 Å². The van der Waals surface area contributed by atoms with Gasteiger partial charge in [0, 0.05) is 13.1 Å². The van der Waals surface area contributed by atoms with Crippen molar-refractivity contribution in [3.05, 3.63) is 23.8 Å².